The van der Waals surface area contributed by atoms with Crippen molar-refractivity contribution in [3.8, 4) is 0 Å². The number of alkyl halides is 3. The molecule has 0 fully saturated rings. The number of nitrogens with one attached hydrogen (secondary N) is 2. The fourth-order valence-corrected chi connectivity index (χ4v) is 2.65. The normalized spacial score (nSPS) is 12.0. The molecule has 1 aromatic carbocycles. The zero-order valence-corrected chi connectivity index (χ0v) is 13.4. The third-order valence-corrected chi connectivity index (χ3v) is 3.90. The van der Waals surface area contributed by atoms with Crippen molar-refractivity contribution >= 4 is 22.7 Å². The largest absolute Gasteiger partial charge is 0.420 e. The van der Waals surface area contributed by atoms with E-state index in [-0.39, 0.29) is 29.2 Å². The predicted molar refractivity (Wildman–Crippen MR) is 86.0 cm³/mol. The zero-order chi connectivity index (χ0) is 19.2. The van der Waals surface area contributed by atoms with Crippen LogP contribution in [0.3, 0.4) is 0 Å². The summed E-state index contributed by atoms with van der Waals surface area (Å²) in [5, 5.41) is 9.84. The van der Waals surface area contributed by atoms with Gasteiger partial charge in [0.05, 0.1) is 12.1 Å². The number of rotatable bonds is 3. The van der Waals surface area contributed by atoms with E-state index in [9.17, 15) is 22.8 Å². The first-order valence-electron chi connectivity index (χ1n) is 7.64. The molecule has 8 nitrogen and oxygen atoms in total. The quantitative estimate of drug-likeness (QED) is 0.569. The van der Waals surface area contributed by atoms with E-state index in [1.807, 2.05) is 0 Å². The van der Waals surface area contributed by atoms with Crippen LogP contribution in [0, 0.1) is 0 Å². The lowest BCUT2D eigenvalue weighted by molar-refractivity contribution is -0.136. The van der Waals surface area contributed by atoms with Crippen LogP contribution in [-0.4, -0.2) is 25.5 Å². The molecule has 4 aromatic rings. The molecule has 0 aliphatic heterocycles. The lowest BCUT2D eigenvalue weighted by Crippen LogP contribution is -2.24. The van der Waals surface area contributed by atoms with E-state index in [2.05, 4.69) is 20.5 Å². The Bertz CT molecular complexity index is 1220. The zero-order valence-electron chi connectivity index (χ0n) is 13.4. The van der Waals surface area contributed by atoms with Gasteiger partial charge in [0.15, 0.2) is 17.1 Å². The van der Waals surface area contributed by atoms with Gasteiger partial charge in [0.2, 0.25) is 0 Å². The van der Waals surface area contributed by atoms with Crippen molar-refractivity contribution in [2.24, 2.45) is 0 Å². The molecule has 2 N–H and O–H groups in total. The monoisotopic (exact) mass is 377 g/mol. The number of pyridine rings is 1. The highest BCUT2D eigenvalue weighted by molar-refractivity contribution is 5.96. The molecule has 1 amide bonds. The number of fused-ring (bicyclic) bond motifs is 2. The second-order valence-corrected chi connectivity index (χ2v) is 5.64. The topological polar surface area (TPSA) is 105 Å². The van der Waals surface area contributed by atoms with Crippen LogP contribution in [0.25, 0.3) is 16.7 Å². The molecule has 3 heterocycles. The summed E-state index contributed by atoms with van der Waals surface area (Å²) >= 11 is 0. The SMILES string of the molecule is O=C(NCc1nnc2c(C(F)(F)F)cccn12)c1ccc2[nH]c(=O)oc2c1. The van der Waals surface area contributed by atoms with Gasteiger partial charge in [-0.3, -0.25) is 14.2 Å². The number of halogens is 3. The number of hydrogen-bond acceptors (Lipinski definition) is 5. The van der Waals surface area contributed by atoms with Gasteiger partial charge in [-0.1, -0.05) is 0 Å². The summed E-state index contributed by atoms with van der Waals surface area (Å²) in [6.45, 7) is -0.142. The highest BCUT2D eigenvalue weighted by atomic mass is 19.4. The summed E-state index contributed by atoms with van der Waals surface area (Å²) in [6, 6.07) is 6.51. The van der Waals surface area contributed by atoms with Crippen LogP contribution < -0.4 is 11.1 Å². The van der Waals surface area contributed by atoms with Crippen LogP contribution in [0.5, 0.6) is 0 Å². The maximum atomic E-state index is 13.0. The summed E-state index contributed by atoms with van der Waals surface area (Å²) < 4.78 is 45.1. The minimum Gasteiger partial charge on any atom is -0.408 e. The van der Waals surface area contributed by atoms with E-state index in [0.717, 1.165) is 10.5 Å². The molecule has 0 atom stereocenters. The van der Waals surface area contributed by atoms with Gasteiger partial charge in [-0.2, -0.15) is 13.2 Å². The highest BCUT2D eigenvalue weighted by Crippen LogP contribution is 2.31. The first kappa shape index (κ1) is 16.8. The number of aromatic amines is 1. The van der Waals surface area contributed by atoms with Crippen molar-refractivity contribution in [2.75, 3.05) is 0 Å². The fraction of sp³-hybridized carbons (Fsp3) is 0.125. The van der Waals surface area contributed by atoms with E-state index < -0.39 is 23.4 Å². The van der Waals surface area contributed by atoms with Crippen LogP contribution in [0.4, 0.5) is 13.2 Å². The van der Waals surface area contributed by atoms with E-state index in [0.29, 0.717) is 5.52 Å². The van der Waals surface area contributed by atoms with Gasteiger partial charge in [-0.25, -0.2) is 4.79 Å². The van der Waals surface area contributed by atoms with Gasteiger partial charge in [0, 0.05) is 11.8 Å². The standard InChI is InChI=1S/C16H10F3N5O3/c17-16(18,19)9-2-1-5-24-12(22-23-13(9)24)7-20-14(25)8-3-4-10-11(6-8)27-15(26)21-10/h1-6H,7H2,(H,20,25)(H,21,26). The number of carbonyl (C=O) groups is 1. The number of aromatic nitrogens is 4. The second kappa shape index (κ2) is 5.97. The molecule has 0 saturated heterocycles. The van der Waals surface area contributed by atoms with Gasteiger partial charge in [0.25, 0.3) is 5.91 Å². The Balaban J connectivity index is 1.57. The number of amides is 1. The smallest absolute Gasteiger partial charge is 0.408 e. The number of nitrogens with zero attached hydrogens (tertiary/aromatic N) is 3. The number of benzene rings is 1. The van der Waals surface area contributed by atoms with Crippen LogP contribution in [0.15, 0.2) is 45.7 Å². The molecule has 11 heteroatoms. The van der Waals surface area contributed by atoms with E-state index in [4.69, 9.17) is 4.42 Å². The van der Waals surface area contributed by atoms with Gasteiger partial charge in [-0.15, -0.1) is 10.2 Å². The molecule has 3 aromatic heterocycles. The minimum absolute atomic E-state index is 0.138. The Kier molecular flexibility index (Phi) is 3.72. The Morgan fingerprint density at radius 1 is 1.26 bits per heavy atom. The van der Waals surface area contributed by atoms with Crippen molar-refractivity contribution in [1.82, 2.24) is 24.9 Å². The van der Waals surface area contributed by atoms with Crippen molar-refractivity contribution in [3.63, 3.8) is 0 Å². The molecular formula is C16H10F3N5O3. The van der Waals surface area contributed by atoms with Gasteiger partial charge < -0.3 is 9.73 Å². The molecule has 138 valence electrons. The minimum atomic E-state index is -4.56. The van der Waals surface area contributed by atoms with Crippen LogP contribution >= 0.6 is 0 Å². The van der Waals surface area contributed by atoms with E-state index in [1.165, 1.54) is 30.5 Å². The highest BCUT2D eigenvalue weighted by Gasteiger charge is 2.34. The molecular weight excluding hydrogens is 367 g/mol. The number of carbonyl (C=O) groups excluding carboxylic acids is 1. The molecule has 0 bridgehead atoms. The molecule has 27 heavy (non-hydrogen) atoms. The Hall–Kier alpha value is -3.63. The molecule has 0 radical (unpaired) electrons. The summed E-state index contributed by atoms with van der Waals surface area (Å²) in [6.07, 6.45) is -3.18. The fourth-order valence-electron chi connectivity index (χ4n) is 2.65. The van der Waals surface area contributed by atoms with Crippen molar-refractivity contribution < 1.29 is 22.4 Å². The number of H-pyrrole nitrogens is 1. The third-order valence-electron chi connectivity index (χ3n) is 3.90. The number of oxazole rings is 1. The average Bonchev–Trinajstić information content (AvgIpc) is 3.20. The molecule has 0 aliphatic carbocycles. The first-order chi connectivity index (χ1) is 12.8. The molecule has 0 aliphatic rings. The maximum absolute atomic E-state index is 13.0. The van der Waals surface area contributed by atoms with E-state index >= 15 is 0 Å². The summed E-state index contributed by atoms with van der Waals surface area (Å²) in [4.78, 5) is 25.9. The third kappa shape index (κ3) is 3.03. The predicted octanol–water partition coefficient (Wildman–Crippen LogP) is 2.11. The molecule has 0 spiro atoms. The van der Waals surface area contributed by atoms with Crippen molar-refractivity contribution in [1.29, 1.82) is 0 Å². The Labute approximate surface area is 147 Å². The van der Waals surface area contributed by atoms with Gasteiger partial charge in [0.1, 0.15) is 5.56 Å². The number of hydrogen-bond donors (Lipinski definition) is 2. The Morgan fingerprint density at radius 3 is 2.85 bits per heavy atom. The lowest BCUT2D eigenvalue weighted by Gasteiger charge is -2.08. The Morgan fingerprint density at radius 2 is 2.07 bits per heavy atom. The summed E-state index contributed by atoms with van der Waals surface area (Å²) in [7, 11) is 0. The molecule has 0 saturated carbocycles. The summed E-state index contributed by atoms with van der Waals surface area (Å²) in [5.74, 6) is -1.01. The maximum Gasteiger partial charge on any atom is 0.420 e. The van der Waals surface area contributed by atoms with Crippen molar-refractivity contribution in [3.05, 3.63) is 64.0 Å². The van der Waals surface area contributed by atoms with Gasteiger partial charge in [-0.05, 0) is 30.3 Å². The van der Waals surface area contributed by atoms with Crippen LogP contribution in [0.1, 0.15) is 21.7 Å². The van der Waals surface area contributed by atoms with Gasteiger partial charge >= 0.3 is 11.9 Å². The second-order valence-electron chi connectivity index (χ2n) is 5.64. The lowest BCUT2D eigenvalue weighted by atomic mass is 10.2. The van der Waals surface area contributed by atoms with Crippen LogP contribution in [0.2, 0.25) is 0 Å². The summed E-state index contributed by atoms with van der Waals surface area (Å²) in [5.41, 5.74) is -0.377. The van der Waals surface area contributed by atoms with Crippen LogP contribution in [-0.2, 0) is 12.7 Å². The average molecular weight is 377 g/mol. The first-order valence-corrected chi connectivity index (χ1v) is 7.64. The van der Waals surface area contributed by atoms with Crippen molar-refractivity contribution in [2.45, 2.75) is 12.7 Å². The molecule has 4 rings (SSSR count). The molecule has 0 unspecified atom stereocenters. The van der Waals surface area contributed by atoms with E-state index in [1.54, 1.807) is 0 Å².